The van der Waals surface area contributed by atoms with Crippen LogP contribution >= 0.6 is 11.8 Å². The second-order valence-electron chi connectivity index (χ2n) is 18.0. The van der Waals surface area contributed by atoms with E-state index in [9.17, 15) is 0 Å². The normalized spacial score (nSPS) is 13.8. The van der Waals surface area contributed by atoms with E-state index in [4.69, 9.17) is 0 Å². The smallest absolute Gasteiger partial charge is 0.252 e. The summed E-state index contributed by atoms with van der Waals surface area (Å²) in [5.41, 5.74) is 22.4. The molecule has 1 aromatic heterocycles. The molecule has 15 rings (SSSR count). The molecule has 0 radical (unpaired) electrons. The molecule has 7 heteroatoms. The first-order valence-electron chi connectivity index (χ1n) is 23.2. The minimum atomic E-state index is -0.0500. The van der Waals surface area contributed by atoms with Crippen molar-refractivity contribution in [2.45, 2.75) is 9.79 Å². The van der Waals surface area contributed by atoms with Crippen molar-refractivity contribution >= 4 is 131 Å². The Morgan fingerprint density at radius 3 is 1.57 bits per heavy atom. The van der Waals surface area contributed by atoms with Crippen LogP contribution in [0.15, 0.2) is 240 Å². The van der Waals surface area contributed by atoms with Crippen molar-refractivity contribution in [1.82, 2.24) is 4.57 Å². The van der Waals surface area contributed by atoms with Gasteiger partial charge in [-0.25, -0.2) is 0 Å². The first-order valence-corrected chi connectivity index (χ1v) is 24.0. The Morgan fingerprint density at radius 1 is 0.313 bits per heavy atom. The van der Waals surface area contributed by atoms with Crippen molar-refractivity contribution in [3.05, 3.63) is 231 Å². The van der Waals surface area contributed by atoms with E-state index in [-0.39, 0.29) is 13.4 Å². The third kappa shape index (κ3) is 5.18. The van der Waals surface area contributed by atoms with Crippen LogP contribution in [-0.2, 0) is 0 Å². The molecule has 0 amide bonds. The lowest BCUT2D eigenvalue weighted by molar-refractivity contribution is 1.18. The summed E-state index contributed by atoms with van der Waals surface area (Å²) in [5.74, 6) is 0. The third-order valence-corrected chi connectivity index (χ3v) is 15.7. The zero-order valence-electron chi connectivity index (χ0n) is 36.3. The summed E-state index contributed by atoms with van der Waals surface area (Å²) < 4.78 is 2.45. The highest BCUT2D eigenvalue weighted by atomic mass is 32.2. The topological polar surface area (TPSA) is 14.7 Å². The average molecular weight is 869 g/mol. The van der Waals surface area contributed by atoms with Gasteiger partial charge in [0.2, 0.25) is 6.71 Å². The molecule has 310 valence electrons. The SMILES string of the molecule is c1ccc(N2c3ccccc3B3c4cc5c(cc4Sc4cccc2c43)N(c2ccccc2)c2cccc3c2B5c2ccc4c(c2N3c2ccccc2)c2ccccc2n4-c2ccccc2)cc1. The molecule has 0 N–H and O–H groups in total. The van der Waals surface area contributed by atoms with Gasteiger partial charge in [0.05, 0.1) is 16.7 Å². The number of anilines is 9. The summed E-state index contributed by atoms with van der Waals surface area (Å²) >= 11 is 1.92. The van der Waals surface area contributed by atoms with E-state index < -0.39 is 0 Å². The molecule has 0 bridgehead atoms. The van der Waals surface area contributed by atoms with E-state index in [1.165, 1.54) is 104 Å². The molecule has 11 aromatic rings. The number of benzene rings is 10. The van der Waals surface area contributed by atoms with Gasteiger partial charge in [0, 0.05) is 71.7 Å². The van der Waals surface area contributed by atoms with E-state index in [0.29, 0.717) is 0 Å². The van der Waals surface area contributed by atoms with Crippen LogP contribution in [-0.4, -0.2) is 18.0 Å². The maximum absolute atomic E-state index is 2.62. The quantitative estimate of drug-likeness (QED) is 0.164. The van der Waals surface area contributed by atoms with Gasteiger partial charge in [-0.3, -0.25) is 0 Å². The lowest BCUT2D eigenvalue weighted by Crippen LogP contribution is -2.64. The highest BCUT2D eigenvalue weighted by Crippen LogP contribution is 2.49. The van der Waals surface area contributed by atoms with Crippen LogP contribution in [0.4, 0.5) is 51.2 Å². The van der Waals surface area contributed by atoms with E-state index in [1.807, 2.05) is 11.8 Å². The van der Waals surface area contributed by atoms with Gasteiger partial charge >= 0.3 is 0 Å². The van der Waals surface area contributed by atoms with Gasteiger partial charge in [-0.05, 0) is 124 Å². The zero-order chi connectivity index (χ0) is 43.7. The van der Waals surface area contributed by atoms with Crippen LogP contribution in [0.3, 0.4) is 0 Å². The summed E-state index contributed by atoms with van der Waals surface area (Å²) in [4.78, 5) is 10.2. The monoisotopic (exact) mass is 868 g/mol. The molecule has 4 nitrogen and oxygen atoms in total. The maximum Gasteiger partial charge on any atom is 0.252 e. The number of rotatable bonds is 4. The molecule has 4 aliphatic heterocycles. The molecule has 0 fully saturated rings. The highest BCUT2D eigenvalue weighted by Gasteiger charge is 2.47. The fourth-order valence-corrected chi connectivity index (χ4v) is 13.2. The van der Waals surface area contributed by atoms with Gasteiger partial charge in [-0.2, -0.15) is 0 Å². The summed E-state index contributed by atoms with van der Waals surface area (Å²) in [5, 5.41) is 2.51. The van der Waals surface area contributed by atoms with E-state index >= 15 is 0 Å². The second-order valence-corrected chi connectivity index (χ2v) is 19.1. The van der Waals surface area contributed by atoms with Crippen LogP contribution in [0.5, 0.6) is 0 Å². The standard InChI is InChI=1S/C60H38B2N4S/c1-5-19-39(20-6-1)63-48-29-15-13-27-43(48)57-50(63)36-35-45-60(57)66(42-25-11-4-12-26-42)52-32-17-31-51-58(52)62(45)46-37-47-56(38-54(46)65(51)41-23-9-3-10-24-41)67-55-34-18-33-53-59(55)61(47)44-28-14-16-30-49(44)64(53)40-21-7-2-8-22-40/h1-38H. The van der Waals surface area contributed by atoms with Crippen molar-refractivity contribution in [1.29, 1.82) is 0 Å². The fraction of sp³-hybridized carbons (Fsp3) is 0. The van der Waals surface area contributed by atoms with Gasteiger partial charge in [0.1, 0.15) is 0 Å². The van der Waals surface area contributed by atoms with Crippen LogP contribution in [0.2, 0.25) is 0 Å². The molecule has 10 aromatic carbocycles. The van der Waals surface area contributed by atoms with Crippen molar-refractivity contribution in [2.24, 2.45) is 0 Å². The Morgan fingerprint density at radius 2 is 0.851 bits per heavy atom. The zero-order valence-corrected chi connectivity index (χ0v) is 37.1. The maximum atomic E-state index is 2.62. The summed E-state index contributed by atoms with van der Waals surface area (Å²) in [7, 11) is 0. The molecule has 0 aliphatic carbocycles. The number of hydrogen-bond acceptors (Lipinski definition) is 4. The second kappa shape index (κ2) is 14.2. The van der Waals surface area contributed by atoms with E-state index in [0.717, 1.165) is 17.1 Å². The van der Waals surface area contributed by atoms with Crippen molar-refractivity contribution in [2.75, 3.05) is 14.7 Å². The summed E-state index contributed by atoms with van der Waals surface area (Å²) in [6.45, 7) is 0.00638. The first-order chi connectivity index (χ1) is 33.3. The largest absolute Gasteiger partial charge is 0.311 e. The number of para-hydroxylation sites is 6. The van der Waals surface area contributed by atoms with Crippen molar-refractivity contribution in [3.8, 4) is 5.69 Å². The van der Waals surface area contributed by atoms with Gasteiger partial charge < -0.3 is 19.3 Å². The van der Waals surface area contributed by atoms with E-state index in [1.54, 1.807) is 0 Å². The summed E-state index contributed by atoms with van der Waals surface area (Å²) in [6, 6.07) is 85.6. The Labute approximate surface area is 394 Å². The molecule has 5 heterocycles. The Balaban J connectivity index is 1.05. The lowest BCUT2D eigenvalue weighted by atomic mass is 9.31. The Hall–Kier alpha value is -8.12. The van der Waals surface area contributed by atoms with Gasteiger partial charge in [-0.1, -0.05) is 151 Å². The molecule has 0 saturated carbocycles. The van der Waals surface area contributed by atoms with Gasteiger partial charge in [-0.15, -0.1) is 0 Å². The van der Waals surface area contributed by atoms with Gasteiger partial charge in [0.15, 0.2) is 0 Å². The fourth-order valence-electron chi connectivity index (χ4n) is 12.0. The lowest BCUT2D eigenvalue weighted by Gasteiger charge is -2.45. The molecule has 0 spiro atoms. The van der Waals surface area contributed by atoms with Gasteiger partial charge in [0.25, 0.3) is 6.71 Å². The number of fused-ring (bicyclic) bond motifs is 12. The van der Waals surface area contributed by atoms with Crippen LogP contribution < -0.4 is 47.5 Å². The molecule has 0 atom stereocenters. The Bertz CT molecular complexity index is 3820. The van der Waals surface area contributed by atoms with Crippen LogP contribution in [0.1, 0.15) is 0 Å². The van der Waals surface area contributed by atoms with Crippen LogP contribution in [0.25, 0.3) is 27.5 Å². The minimum Gasteiger partial charge on any atom is -0.311 e. The van der Waals surface area contributed by atoms with Crippen molar-refractivity contribution < 1.29 is 0 Å². The minimum absolute atomic E-state index is 0.0500. The highest BCUT2D eigenvalue weighted by molar-refractivity contribution is 8.00. The van der Waals surface area contributed by atoms with E-state index in [2.05, 4.69) is 250 Å². The summed E-state index contributed by atoms with van der Waals surface area (Å²) in [6.07, 6.45) is 0. The predicted molar refractivity (Wildman–Crippen MR) is 285 cm³/mol. The first kappa shape index (κ1) is 37.1. The van der Waals surface area contributed by atoms with Crippen molar-refractivity contribution in [3.63, 3.8) is 0 Å². The Kier molecular flexibility index (Phi) is 7.86. The molecular formula is C60H38B2N4S. The molecule has 0 unspecified atom stereocenters. The van der Waals surface area contributed by atoms with Crippen LogP contribution in [0, 0.1) is 0 Å². The predicted octanol–water partition coefficient (Wildman–Crippen LogP) is 11.6. The molecule has 4 aliphatic rings. The average Bonchev–Trinajstić information content (AvgIpc) is 3.74. The third-order valence-electron chi connectivity index (χ3n) is 14.6. The number of hydrogen-bond donors (Lipinski definition) is 0. The molecular weight excluding hydrogens is 830 g/mol. The molecule has 0 saturated heterocycles. The number of aromatic nitrogens is 1. The molecule has 67 heavy (non-hydrogen) atoms. The number of nitrogens with zero attached hydrogens (tertiary/aromatic N) is 4.